The van der Waals surface area contributed by atoms with Crippen LogP contribution in [-0.2, 0) is 6.54 Å². The molecule has 3 aromatic carbocycles. The Morgan fingerprint density at radius 2 is 1.66 bits per heavy atom. The van der Waals surface area contributed by atoms with Gasteiger partial charge < -0.3 is 9.15 Å². The van der Waals surface area contributed by atoms with Crippen LogP contribution in [0.5, 0.6) is 5.75 Å². The second kappa shape index (κ2) is 7.28. The Morgan fingerprint density at radius 3 is 2.41 bits per heavy atom. The number of ether oxygens (including phenoxy) is 1. The molecule has 0 spiro atoms. The topological polar surface area (TPSA) is 53.1 Å². The Bertz CT molecular complexity index is 1220. The molecule has 2 heterocycles. The van der Waals surface area contributed by atoms with E-state index in [-0.39, 0.29) is 0 Å². The minimum atomic E-state index is 0.566. The lowest BCUT2D eigenvalue weighted by molar-refractivity contribution is 0.415. The van der Waals surface area contributed by atoms with Gasteiger partial charge in [-0.1, -0.05) is 42.5 Å². The molecule has 5 heteroatoms. The minimum Gasteiger partial charge on any atom is -0.497 e. The van der Waals surface area contributed by atoms with Gasteiger partial charge in [0, 0.05) is 11.8 Å². The molecule has 0 bridgehead atoms. The molecule has 142 valence electrons. The maximum absolute atomic E-state index is 6.04. The highest BCUT2D eigenvalue weighted by molar-refractivity contribution is 5.81. The second-order valence-electron chi connectivity index (χ2n) is 6.79. The zero-order valence-corrected chi connectivity index (χ0v) is 15.9. The predicted octanol–water partition coefficient (Wildman–Crippen LogP) is 5.42. The van der Waals surface area contributed by atoms with Crippen molar-refractivity contribution in [1.29, 1.82) is 0 Å². The zero-order chi connectivity index (χ0) is 19.6. The highest BCUT2D eigenvalue weighted by atomic mass is 16.5. The summed E-state index contributed by atoms with van der Waals surface area (Å²) in [5.74, 6) is 1.37. The van der Waals surface area contributed by atoms with Gasteiger partial charge in [0.2, 0.25) is 5.89 Å². The molecule has 0 atom stereocenters. The lowest BCUT2D eigenvalue weighted by atomic mass is 10.1. The van der Waals surface area contributed by atoms with E-state index in [2.05, 4.69) is 17.1 Å². The van der Waals surface area contributed by atoms with Crippen LogP contribution in [0.1, 0.15) is 5.56 Å². The monoisotopic (exact) mass is 381 g/mol. The van der Waals surface area contributed by atoms with E-state index >= 15 is 0 Å². The van der Waals surface area contributed by atoms with Crippen LogP contribution in [0.4, 0.5) is 0 Å². The standard InChI is InChI=1S/C24H19N3O2/c1-28-19-13-11-18(12-14-19)23-20(24-25-21-9-5-6-10-22(21)29-24)16-27(26-23)15-17-7-3-2-4-8-17/h2-14,16H,15H2,1H3. The Hall–Kier alpha value is -3.86. The number of benzene rings is 3. The van der Waals surface area contributed by atoms with Crippen molar-refractivity contribution in [3.63, 3.8) is 0 Å². The van der Waals surface area contributed by atoms with Crippen LogP contribution in [0.3, 0.4) is 0 Å². The summed E-state index contributed by atoms with van der Waals surface area (Å²) in [6, 6.07) is 25.9. The lowest BCUT2D eigenvalue weighted by Gasteiger charge is -2.03. The van der Waals surface area contributed by atoms with Gasteiger partial charge in [-0.2, -0.15) is 5.10 Å². The summed E-state index contributed by atoms with van der Waals surface area (Å²) in [5.41, 5.74) is 5.45. The van der Waals surface area contributed by atoms with Crippen LogP contribution in [0, 0.1) is 0 Å². The van der Waals surface area contributed by atoms with Crippen LogP contribution in [-0.4, -0.2) is 21.9 Å². The zero-order valence-electron chi connectivity index (χ0n) is 15.9. The largest absolute Gasteiger partial charge is 0.497 e. The summed E-state index contributed by atoms with van der Waals surface area (Å²) < 4.78 is 13.3. The third-order valence-electron chi connectivity index (χ3n) is 4.84. The Labute approximate surface area is 168 Å². The van der Waals surface area contributed by atoms with Gasteiger partial charge in [0.1, 0.15) is 17.0 Å². The average molecular weight is 381 g/mol. The lowest BCUT2D eigenvalue weighted by Crippen LogP contribution is -2.00. The van der Waals surface area contributed by atoms with Gasteiger partial charge in [0.05, 0.1) is 19.2 Å². The molecule has 0 N–H and O–H groups in total. The fourth-order valence-corrected chi connectivity index (χ4v) is 3.38. The Balaban J connectivity index is 1.62. The fourth-order valence-electron chi connectivity index (χ4n) is 3.38. The maximum atomic E-state index is 6.04. The number of methoxy groups -OCH3 is 1. The highest BCUT2D eigenvalue weighted by Gasteiger charge is 2.18. The number of rotatable bonds is 5. The molecule has 0 radical (unpaired) electrons. The van der Waals surface area contributed by atoms with Crippen LogP contribution in [0.25, 0.3) is 33.8 Å². The van der Waals surface area contributed by atoms with Gasteiger partial charge in [0.25, 0.3) is 0 Å². The predicted molar refractivity (Wildman–Crippen MR) is 113 cm³/mol. The summed E-state index contributed by atoms with van der Waals surface area (Å²) >= 11 is 0. The molecule has 0 amide bonds. The van der Waals surface area contributed by atoms with Crippen molar-refractivity contribution in [2.45, 2.75) is 6.54 Å². The molecule has 29 heavy (non-hydrogen) atoms. The molecule has 5 aromatic rings. The minimum absolute atomic E-state index is 0.566. The summed E-state index contributed by atoms with van der Waals surface area (Å²) in [4.78, 5) is 4.68. The van der Waals surface area contributed by atoms with Crippen molar-refractivity contribution in [3.8, 4) is 28.5 Å². The second-order valence-corrected chi connectivity index (χ2v) is 6.79. The van der Waals surface area contributed by atoms with E-state index < -0.39 is 0 Å². The number of fused-ring (bicyclic) bond motifs is 1. The van der Waals surface area contributed by atoms with Crippen molar-refractivity contribution in [2.24, 2.45) is 0 Å². The van der Waals surface area contributed by atoms with Crippen molar-refractivity contribution in [3.05, 3.63) is 90.6 Å². The molecule has 5 nitrogen and oxygen atoms in total. The molecular weight excluding hydrogens is 362 g/mol. The molecule has 0 saturated carbocycles. The van der Waals surface area contributed by atoms with Crippen LogP contribution in [0.2, 0.25) is 0 Å². The van der Waals surface area contributed by atoms with Crippen LogP contribution < -0.4 is 4.74 Å². The Kier molecular flexibility index (Phi) is 4.33. The smallest absolute Gasteiger partial charge is 0.231 e. The molecule has 0 aliphatic heterocycles. The molecule has 5 rings (SSSR count). The number of para-hydroxylation sites is 2. The van der Waals surface area contributed by atoms with Crippen molar-refractivity contribution < 1.29 is 9.15 Å². The van der Waals surface area contributed by atoms with E-state index in [4.69, 9.17) is 14.3 Å². The van der Waals surface area contributed by atoms with Crippen molar-refractivity contribution >= 4 is 11.1 Å². The van der Waals surface area contributed by atoms with E-state index in [9.17, 15) is 0 Å². The number of hydrogen-bond donors (Lipinski definition) is 0. The molecule has 2 aromatic heterocycles. The SMILES string of the molecule is COc1ccc(-c2nn(Cc3ccccc3)cc2-c2nc3ccccc3o2)cc1. The van der Waals surface area contributed by atoms with Crippen LogP contribution in [0.15, 0.2) is 89.5 Å². The quantitative estimate of drug-likeness (QED) is 0.408. The van der Waals surface area contributed by atoms with E-state index in [0.717, 1.165) is 33.7 Å². The summed E-state index contributed by atoms with van der Waals surface area (Å²) in [6.07, 6.45) is 2.00. The van der Waals surface area contributed by atoms with E-state index in [1.807, 2.05) is 77.6 Å². The number of hydrogen-bond acceptors (Lipinski definition) is 4. The Morgan fingerprint density at radius 1 is 0.897 bits per heavy atom. The normalized spacial score (nSPS) is 11.1. The fraction of sp³-hybridized carbons (Fsp3) is 0.0833. The third-order valence-corrected chi connectivity index (χ3v) is 4.84. The van der Waals surface area contributed by atoms with Gasteiger partial charge in [-0.15, -0.1) is 0 Å². The first kappa shape index (κ1) is 17.3. The molecule has 0 aliphatic carbocycles. The van der Waals surface area contributed by atoms with E-state index in [1.54, 1.807) is 7.11 Å². The first-order valence-electron chi connectivity index (χ1n) is 9.42. The van der Waals surface area contributed by atoms with Gasteiger partial charge >= 0.3 is 0 Å². The van der Waals surface area contributed by atoms with Gasteiger partial charge in [-0.3, -0.25) is 4.68 Å². The molecule has 0 unspecified atom stereocenters. The van der Waals surface area contributed by atoms with Gasteiger partial charge in [0.15, 0.2) is 5.58 Å². The average Bonchev–Trinajstić information content (AvgIpc) is 3.38. The highest BCUT2D eigenvalue weighted by Crippen LogP contribution is 2.33. The van der Waals surface area contributed by atoms with Crippen molar-refractivity contribution in [1.82, 2.24) is 14.8 Å². The molecule has 0 aliphatic rings. The summed E-state index contributed by atoms with van der Waals surface area (Å²) in [5, 5.41) is 4.85. The van der Waals surface area contributed by atoms with Crippen LogP contribution >= 0.6 is 0 Å². The van der Waals surface area contributed by atoms with E-state index in [0.29, 0.717) is 12.4 Å². The number of aromatic nitrogens is 3. The molecular formula is C24H19N3O2. The first-order chi connectivity index (χ1) is 14.3. The summed E-state index contributed by atoms with van der Waals surface area (Å²) in [6.45, 7) is 0.671. The van der Waals surface area contributed by atoms with Gasteiger partial charge in [-0.05, 0) is 42.0 Å². The molecule has 0 saturated heterocycles. The number of nitrogens with zero attached hydrogens (tertiary/aromatic N) is 3. The molecule has 0 fully saturated rings. The third kappa shape index (κ3) is 3.38. The van der Waals surface area contributed by atoms with Gasteiger partial charge in [-0.25, -0.2) is 4.98 Å². The van der Waals surface area contributed by atoms with E-state index in [1.165, 1.54) is 5.56 Å². The number of oxazole rings is 1. The maximum Gasteiger partial charge on any atom is 0.231 e. The summed E-state index contributed by atoms with van der Waals surface area (Å²) in [7, 11) is 1.66. The van der Waals surface area contributed by atoms with Crippen molar-refractivity contribution in [2.75, 3.05) is 7.11 Å². The first-order valence-corrected chi connectivity index (χ1v) is 9.42.